The molecule has 0 aliphatic carbocycles. The van der Waals surface area contributed by atoms with Crippen LogP contribution in [-0.4, -0.2) is 29.2 Å². The van der Waals surface area contributed by atoms with Crippen LogP contribution in [0.25, 0.3) is 0 Å². The maximum Gasteiger partial charge on any atom is 0.338 e. The minimum absolute atomic E-state index is 0.0941. The van der Waals surface area contributed by atoms with E-state index in [-0.39, 0.29) is 29.8 Å². The molecule has 2 amide bonds. The van der Waals surface area contributed by atoms with Crippen LogP contribution in [0.2, 0.25) is 0 Å². The molecule has 1 aliphatic heterocycles. The van der Waals surface area contributed by atoms with Crippen molar-refractivity contribution in [3.8, 4) is 0 Å². The van der Waals surface area contributed by atoms with Crippen LogP contribution in [0.3, 0.4) is 0 Å². The third-order valence-electron chi connectivity index (χ3n) is 3.78. The Hall–Kier alpha value is -3.28. The molecule has 0 aromatic heterocycles. The SMILES string of the molecule is C=CCN1C(=O)c2ccc(C(=O)OCc3cccc(F)c3)cc2C1=O. The molecule has 0 saturated heterocycles. The van der Waals surface area contributed by atoms with Gasteiger partial charge < -0.3 is 4.74 Å². The number of imide groups is 1. The van der Waals surface area contributed by atoms with Gasteiger partial charge in [-0.2, -0.15) is 0 Å². The number of fused-ring (bicyclic) bond motifs is 1. The zero-order chi connectivity index (χ0) is 18.0. The molecule has 5 nitrogen and oxygen atoms in total. The van der Waals surface area contributed by atoms with Gasteiger partial charge in [-0.15, -0.1) is 6.58 Å². The summed E-state index contributed by atoms with van der Waals surface area (Å²) in [6.45, 7) is 3.52. The molecule has 0 bridgehead atoms. The summed E-state index contributed by atoms with van der Waals surface area (Å²) in [6, 6.07) is 9.91. The molecule has 3 rings (SSSR count). The van der Waals surface area contributed by atoms with Gasteiger partial charge in [0.1, 0.15) is 12.4 Å². The number of halogens is 1. The smallest absolute Gasteiger partial charge is 0.338 e. The van der Waals surface area contributed by atoms with Gasteiger partial charge in [0.25, 0.3) is 11.8 Å². The summed E-state index contributed by atoms with van der Waals surface area (Å²) in [7, 11) is 0. The molecule has 1 heterocycles. The molecule has 0 spiro atoms. The largest absolute Gasteiger partial charge is 0.457 e. The molecule has 0 fully saturated rings. The third-order valence-corrected chi connectivity index (χ3v) is 3.78. The normalized spacial score (nSPS) is 12.9. The number of nitrogens with zero attached hydrogens (tertiary/aromatic N) is 1. The van der Waals surface area contributed by atoms with E-state index in [1.54, 1.807) is 6.07 Å². The molecular weight excluding hydrogens is 325 g/mol. The second kappa shape index (κ2) is 6.68. The number of amides is 2. The van der Waals surface area contributed by atoms with Gasteiger partial charge in [0.2, 0.25) is 0 Å². The van der Waals surface area contributed by atoms with Crippen molar-refractivity contribution in [2.75, 3.05) is 6.54 Å². The molecule has 0 radical (unpaired) electrons. The summed E-state index contributed by atoms with van der Waals surface area (Å²) in [4.78, 5) is 37.6. The molecule has 6 heteroatoms. The Bertz CT molecular complexity index is 891. The first-order valence-electron chi connectivity index (χ1n) is 7.54. The van der Waals surface area contributed by atoms with Gasteiger partial charge >= 0.3 is 5.97 Å². The molecule has 0 atom stereocenters. The monoisotopic (exact) mass is 339 g/mol. The number of rotatable bonds is 5. The number of hydrogen-bond acceptors (Lipinski definition) is 4. The number of carbonyl (C=O) groups is 3. The van der Waals surface area contributed by atoms with Crippen molar-refractivity contribution in [3.63, 3.8) is 0 Å². The van der Waals surface area contributed by atoms with Crippen molar-refractivity contribution in [2.45, 2.75) is 6.61 Å². The lowest BCUT2D eigenvalue weighted by atomic mass is 10.1. The fourth-order valence-electron chi connectivity index (χ4n) is 2.57. The van der Waals surface area contributed by atoms with Crippen LogP contribution in [0.5, 0.6) is 0 Å². The number of ether oxygens (including phenoxy) is 1. The molecular formula is C19H14FNO4. The summed E-state index contributed by atoms with van der Waals surface area (Å²) >= 11 is 0. The molecule has 126 valence electrons. The van der Waals surface area contributed by atoms with E-state index in [0.29, 0.717) is 5.56 Å². The van der Waals surface area contributed by atoms with Crippen LogP contribution in [0.1, 0.15) is 36.6 Å². The van der Waals surface area contributed by atoms with Crippen LogP contribution in [-0.2, 0) is 11.3 Å². The van der Waals surface area contributed by atoms with Crippen LogP contribution in [0.15, 0.2) is 55.1 Å². The first-order valence-corrected chi connectivity index (χ1v) is 7.54. The minimum atomic E-state index is -0.658. The molecule has 1 aliphatic rings. The van der Waals surface area contributed by atoms with Crippen LogP contribution in [0, 0.1) is 5.82 Å². The Balaban J connectivity index is 1.76. The predicted octanol–water partition coefficient (Wildman–Crippen LogP) is 2.96. The van der Waals surface area contributed by atoms with Crippen LogP contribution in [0.4, 0.5) is 4.39 Å². The van der Waals surface area contributed by atoms with E-state index in [0.717, 1.165) is 4.90 Å². The zero-order valence-electron chi connectivity index (χ0n) is 13.2. The third kappa shape index (κ3) is 3.19. The van der Waals surface area contributed by atoms with E-state index in [4.69, 9.17) is 4.74 Å². The van der Waals surface area contributed by atoms with E-state index >= 15 is 0 Å². The fourth-order valence-corrected chi connectivity index (χ4v) is 2.57. The zero-order valence-corrected chi connectivity index (χ0v) is 13.2. The topological polar surface area (TPSA) is 63.7 Å². The van der Waals surface area contributed by atoms with Crippen molar-refractivity contribution in [1.29, 1.82) is 0 Å². The van der Waals surface area contributed by atoms with E-state index in [1.165, 1.54) is 42.5 Å². The summed E-state index contributed by atoms with van der Waals surface area (Å²) in [5.74, 6) is -1.97. The number of carbonyl (C=O) groups excluding carboxylic acids is 3. The Morgan fingerprint density at radius 3 is 2.60 bits per heavy atom. The highest BCUT2D eigenvalue weighted by molar-refractivity contribution is 6.22. The summed E-state index contributed by atoms with van der Waals surface area (Å²) < 4.78 is 18.3. The van der Waals surface area contributed by atoms with Crippen LogP contribution < -0.4 is 0 Å². The Kier molecular flexibility index (Phi) is 4.43. The highest BCUT2D eigenvalue weighted by atomic mass is 19.1. The Morgan fingerprint density at radius 2 is 1.88 bits per heavy atom. The summed E-state index contributed by atoms with van der Waals surface area (Å²) in [5, 5.41) is 0. The van der Waals surface area contributed by atoms with E-state index in [9.17, 15) is 18.8 Å². The summed E-state index contributed by atoms with van der Waals surface area (Å²) in [5.41, 5.74) is 1.07. The fraction of sp³-hybridized carbons (Fsp3) is 0.105. The van der Waals surface area contributed by atoms with Crippen molar-refractivity contribution in [1.82, 2.24) is 4.90 Å². The highest BCUT2D eigenvalue weighted by Gasteiger charge is 2.35. The average molecular weight is 339 g/mol. The van der Waals surface area contributed by atoms with Gasteiger partial charge in [-0.3, -0.25) is 14.5 Å². The molecule has 2 aromatic rings. The van der Waals surface area contributed by atoms with Crippen molar-refractivity contribution < 1.29 is 23.5 Å². The van der Waals surface area contributed by atoms with Gasteiger partial charge in [-0.05, 0) is 35.9 Å². The van der Waals surface area contributed by atoms with Gasteiger partial charge in [0.15, 0.2) is 0 Å². The number of esters is 1. The predicted molar refractivity (Wildman–Crippen MR) is 87.5 cm³/mol. The van der Waals surface area contributed by atoms with Gasteiger partial charge in [0, 0.05) is 6.54 Å². The quantitative estimate of drug-likeness (QED) is 0.477. The molecule has 0 unspecified atom stereocenters. The Labute approximate surface area is 143 Å². The van der Waals surface area contributed by atoms with Crippen molar-refractivity contribution in [3.05, 3.63) is 83.2 Å². The first kappa shape index (κ1) is 16.6. The van der Waals surface area contributed by atoms with Gasteiger partial charge in [0.05, 0.1) is 16.7 Å². The molecule has 0 saturated carbocycles. The maximum atomic E-state index is 13.1. The Morgan fingerprint density at radius 1 is 1.12 bits per heavy atom. The van der Waals surface area contributed by atoms with E-state index in [2.05, 4.69) is 6.58 Å². The van der Waals surface area contributed by atoms with E-state index in [1.807, 2.05) is 0 Å². The molecule has 0 N–H and O–H groups in total. The minimum Gasteiger partial charge on any atom is -0.457 e. The van der Waals surface area contributed by atoms with Gasteiger partial charge in [-0.1, -0.05) is 18.2 Å². The van der Waals surface area contributed by atoms with E-state index < -0.39 is 23.6 Å². The maximum absolute atomic E-state index is 13.1. The standard InChI is InChI=1S/C19H14FNO4/c1-2-8-21-17(22)15-7-6-13(10-16(15)18(21)23)19(24)25-11-12-4-3-5-14(20)9-12/h2-7,9-10H,1,8,11H2. The second-order valence-corrected chi connectivity index (χ2v) is 5.48. The number of benzene rings is 2. The molecule has 25 heavy (non-hydrogen) atoms. The molecule has 2 aromatic carbocycles. The van der Waals surface area contributed by atoms with Crippen molar-refractivity contribution in [2.24, 2.45) is 0 Å². The van der Waals surface area contributed by atoms with Crippen LogP contribution >= 0.6 is 0 Å². The van der Waals surface area contributed by atoms with Gasteiger partial charge in [-0.25, -0.2) is 9.18 Å². The summed E-state index contributed by atoms with van der Waals surface area (Å²) in [6.07, 6.45) is 1.45. The lowest BCUT2D eigenvalue weighted by Crippen LogP contribution is -2.29. The van der Waals surface area contributed by atoms with Crippen molar-refractivity contribution >= 4 is 17.8 Å². The first-order chi connectivity index (χ1) is 12.0. The lowest BCUT2D eigenvalue weighted by molar-refractivity contribution is 0.0472. The number of hydrogen-bond donors (Lipinski definition) is 0. The highest BCUT2D eigenvalue weighted by Crippen LogP contribution is 2.24. The average Bonchev–Trinajstić information content (AvgIpc) is 2.84. The lowest BCUT2D eigenvalue weighted by Gasteiger charge is -2.09. The second-order valence-electron chi connectivity index (χ2n) is 5.48.